The first kappa shape index (κ1) is 24.7. The van der Waals surface area contributed by atoms with Crippen LogP contribution in [0.5, 0.6) is 0 Å². The van der Waals surface area contributed by atoms with Gasteiger partial charge in [-0.25, -0.2) is 15.0 Å². The van der Waals surface area contributed by atoms with Crippen LogP contribution in [0.1, 0.15) is 57.8 Å². The topological polar surface area (TPSA) is 130 Å². The lowest BCUT2D eigenvalue weighted by molar-refractivity contribution is -0.190. The van der Waals surface area contributed by atoms with Crippen molar-refractivity contribution >= 4 is 22.9 Å². The molecule has 1 amide bonds. The molecule has 0 saturated heterocycles. The van der Waals surface area contributed by atoms with Crippen molar-refractivity contribution in [3.63, 3.8) is 0 Å². The molecule has 4 N–H and O–H groups in total. The van der Waals surface area contributed by atoms with Crippen LogP contribution < -0.4 is 5.73 Å². The smallest absolute Gasteiger partial charge is 0.388 e. The van der Waals surface area contributed by atoms with Gasteiger partial charge in [0.05, 0.1) is 18.4 Å². The summed E-state index contributed by atoms with van der Waals surface area (Å²) in [7, 11) is 0. The summed E-state index contributed by atoms with van der Waals surface area (Å²) in [4.78, 5) is 25.2. The van der Waals surface area contributed by atoms with E-state index in [1.54, 1.807) is 6.92 Å². The second-order valence-corrected chi connectivity index (χ2v) is 8.01. The standard InChI is InChI=1S/C21H27F3N6O3/c1-3-5-6-7-8-14-27-18(25)15-19(28-14)30(11-26-15)13-10-12(16(31)17(13)32)29(9-4-2)20(33)21(22,23)24/h11-13,16-17,31-32H,3-6,9-10H2,1-2H3,(H2,25,27,28)/t12-,13+,16+,17-/m0/s1. The van der Waals surface area contributed by atoms with E-state index in [1.165, 1.54) is 10.9 Å². The Morgan fingerprint density at radius 2 is 2.00 bits per heavy atom. The van der Waals surface area contributed by atoms with Crippen LogP contribution >= 0.6 is 0 Å². The molecule has 0 unspecified atom stereocenters. The first-order chi connectivity index (χ1) is 15.6. The van der Waals surface area contributed by atoms with Gasteiger partial charge in [-0.3, -0.25) is 4.79 Å². The van der Waals surface area contributed by atoms with E-state index in [9.17, 15) is 28.2 Å². The van der Waals surface area contributed by atoms with Gasteiger partial charge in [-0.05, 0) is 25.2 Å². The highest BCUT2D eigenvalue weighted by Crippen LogP contribution is 2.37. The summed E-state index contributed by atoms with van der Waals surface area (Å²) in [6.07, 6.45) is -4.11. The van der Waals surface area contributed by atoms with Gasteiger partial charge in [0.25, 0.3) is 0 Å². The third-order valence-corrected chi connectivity index (χ3v) is 5.65. The van der Waals surface area contributed by atoms with Crippen LogP contribution in [0.15, 0.2) is 6.33 Å². The zero-order valence-electron chi connectivity index (χ0n) is 18.4. The quantitative estimate of drug-likeness (QED) is 0.435. The largest absolute Gasteiger partial charge is 0.471 e. The normalized spacial score (nSPS) is 22.9. The minimum Gasteiger partial charge on any atom is -0.388 e. The number of aliphatic hydroxyl groups is 2. The molecule has 180 valence electrons. The SMILES string of the molecule is CCCCC#Cc1nc(N)c2ncn([C@@H]3C[C@H](N(CCC)C(=O)C(F)(F)F)[C@@H](O)[C@H]3O)c2n1. The molecule has 1 aliphatic rings. The van der Waals surface area contributed by atoms with Gasteiger partial charge in [0, 0.05) is 13.0 Å². The number of aromatic nitrogens is 4. The third-order valence-electron chi connectivity index (χ3n) is 5.65. The number of alkyl halides is 3. The highest BCUT2D eigenvalue weighted by atomic mass is 19.4. The van der Waals surface area contributed by atoms with Gasteiger partial charge in [-0.15, -0.1) is 0 Å². The van der Waals surface area contributed by atoms with Gasteiger partial charge in [0.2, 0.25) is 5.82 Å². The molecule has 2 heterocycles. The average molecular weight is 468 g/mol. The van der Waals surface area contributed by atoms with Gasteiger partial charge < -0.3 is 25.4 Å². The van der Waals surface area contributed by atoms with E-state index in [1.807, 2.05) is 6.92 Å². The molecule has 0 radical (unpaired) electrons. The number of unbranched alkanes of at least 4 members (excludes halogenated alkanes) is 2. The summed E-state index contributed by atoms with van der Waals surface area (Å²) in [6.45, 7) is 3.45. The van der Waals surface area contributed by atoms with Crippen molar-refractivity contribution in [2.45, 2.75) is 76.4 Å². The Hall–Kier alpha value is -2.91. The van der Waals surface area contributed by atoms with Gasteiger partial charge >= 0.3 is 12.1 Å². The number of imidazole rings is 1. The van der Waals surface area contributed by atoms with Crippen molar-refractivity contribution < 1.29 is 28.2 Å². The Kier molecular flexibility index (Phi) is 7.44. The van der Waals surface area contributed by atoms with E-state index in [4.69, 9.17) is 5.73 Å². The first-order valence-electron chi connectivity index (χ1n) is 10.8. The number of aliphatic hydroxyl groups excluding tert-OH is 2. The summed E-state index contributed by atoms with van der Waals surface area (Å²) in [5.41, 5.74) is 6.47. The van der Waals surface area contributed by atoms with Crippen LogP contribution in [0, 0.1) is 11.8 Å². The number of halogens is 3. The third kappa shape index (κ3) is 5.04. The molecule has 4 atom stereocenters. The molecule has 9 nitrogen and oxygen atoms in total. The molecule has 0 aromatic carbocycles. The first-order valence-corrected chi connectivity index (χ1v) is 10.8. The van der Waals surface area contributed by atoms with Crippen LogP contribution in [-0.4, -0.2) is 71.5 Å². The van der Waals surface area contributed by atoms with Crippen molar-refractivity contribution in [2.75, 3.05) is 12.3 Å². The van der Waals surface area contributed by atoms with Crippen molar-refractivity contribution in [1.82, 2.24) is 24.4 Å². The number of nitrogen functional groups attached to an aromatic ring is 1. The maximum atomic E-state index is 13.1. The van der Waals surface area contributed by atoms with Gasteiger partial charge in [0.15, 0.2) is 11.5 Å². The summed E-state index contributed by atoms with van der Waals surface area (Å²) in [5.74, 6) is 3.96. The number of nitrogens with zero attached hydrogens (tertiary/aromatic N) is 5. The fourth-order valence-corrected chi connectivity index (χ4v) is 4.04. The number of amides is 1. The monoisotopic (exact) mass is 468 g/mol. The minimum absolute atomic E-state index is 0.0722. The lowest BCUT2D eigenvalue weighted by atomic mass is 10.1. The Bertz CT molecular complexity index is 1060. The molecule has 1 fully saturated rings. The van der Waals surface area contributed by atoms with E-state index < -0.39 is 36.4 Å². The van der Waals surface area contributed by atoms with Crippen molar-refractivity contribution in [3.05, 3.63) is 12.2 Å². The number of nitrogens with two attached hydrogens (primary N) is 1. The highest BCUT2D eigenvalue weighted by molar-refractivity contribution is 5.83. The minimum atomic E-state index is -5.09. The fourth-order valence-electron chi connectivity index (χ4n) is 4.04. The molecule has 0 spiro atoms. The lowest BCUT2D eigenvalue weighted by Crippen LogP contribution is -2.51. The van der Waals surface area contributed by atoms with Crippen molar-refractivity contribution in [2.24, 2.45) is 0 Å². The molecular weight excluding hydrogens is 441 g/mol. The zero-order valence-corrected chi connectivity index (χ0v) is 18.4. The highest BCUT2D eigenvalue weighted by Gasteiger charge is 2.51. The molecule has 2 aromatic rings. The predicted molar refractivity (Wildman–Crippen MR) is 114 cm³/mol. The average Bonchev–Trinajstić information content (AvgIpc) is 3.30. The van der Waals surface area contributed by atoms with Crippen LogP contribution in [0.4, 0.5) is 19.0 Å². The molecule has 0 bridgehead atoms. The summed E-state index contributed by atoms with van der Waals surface area (Å²) < 4.78 is 40.8. The van der Waals surface area contributed by atoms with Crippen LogP contribution in [0.3, 0.4) is 0 Å². The second kappa shape index (κ2) is 9.93. The number of hydrogen-bond acceptors (Lipinski definition) is 7. The Morgan fingerprint density at radius 3 is 2.64 bits per heavy atom. The van der Waals surface area contributed by atoms with Crippen LogP contribution in [0.2, 0.25) is 0 Å². The van der Waals surface area contributed by atoms with Gasteiger partial charge in [-0.1, -0.05) is 26.2 Å². The van der Waals surface area contributed by atoms with E-state index >= 15 is 0 Å². The molecule has 1 saturated carbocycles. The number of carbonyl (C=O) groups is 1. The van der Waals surface area contributed by atoms with E-state index in [0.29, 0.717) is 11.3 Å². The molecule has 33 heavy (non-hydrogen) atoms. The molecule has 3 rings (SSSR count). The zero-order chi connectivity index (χ0) is 24.3. The van der Waals surface area contributed by atoms with E-state index in [-0.39, 0.29) is 42.2 Å². The van der Waals surface area contributed by atoms with Crippen LogP contribution in [0.25, 0.3) is 11.2 Å². The number of rotatable bonds is 6. The number of hydrogen-bond donors (Lipinski definition) is 3. The summed E-state index contributed by atoms with van der Waals surface area (Å²) >= 11 is 0. The summed E-state index contributed by atoms with van der Waals surface area (Å²) in [6, 6.07) is -2.12. The predicted octanol–water partition coefficient (Wildman–Crippen LogP) is 1.79. The molecule has 0 aliphatic heterocycles. The maximum Gasteiger partial charge on any atom is 0.471 e. The Balaban J connectivity index is 1.95. The molecular formula is C21H27F3N6O3. The second-order valence-electron chi connectivity index (χ2n) is 8.01. The maximum absolute atomic E-state index is 13.1. The molecule has 2 aromatic heterocycles. The van der Waals surface area contributed by atoms with Crippen molar-refractivity contribution in [3.8, 4) is 11.8 Å². The lowest BCUT2D eigenvalue weighted by Gasteiger charge is -2.31. The van der Waals surface area contributed by atoms with Gasteiger partial charge in [0.1, 0.15) is 17.7 Å². The Labute approximate surface area is 188 Å². The van der Waals surface area contributed by atoms with E-state index in [0.717, 1.165) is 12.8 Å². The van der Waals surface area contributed by atoms with Gasteiger partial charge in [-0.2, -0.15) is 13.2 Å². The number of carbonyl (C=O) groups excluding carboxylic acids is 1. The summed E-state index contributed by atoms with van der Waals surface area (Å²) in [5, 5.41) is 21.2. The van der Waals surface area contributed by atoms with Crippen molar-refractivity contribution in [1.29, 1.82) is 0 Å². The Morgan fingerprint density at radius 1 is 1.27 bits per heavy atom. The number of anilines is 1. The molecule has 1 aliphatic carbocycles. The van der Waals surface area contributed by atoms with Crippen LogP contribution in [-0.2, 0) is 4.79 Å². The van der Waals surface area contributed by atoms with E-state index in [2.05, 4.69) is 26.8 Å². The molecule has 12 heteroatoms. The fraction of sp³-hybridized carbons (Fsp3) is 0.619. The number of fused-ring (bicyclic) bond motifs is 1.